The summed E-state index contributed by atoms with van der Waals surface area (Å²) in [7, 11) is -1.43. The molecule has 0 aromatic heterocycles. The van der Waals surface area contributed by atoms with Crippen LogP contribution in [0.15, 0.2) is 30.3 Å². The lowest BCUT2D eigenvalue weighted by molar-refractivity contribution is 0.275. The van der Waals surface area contributed by atoms with Gasteiger partial charge in [0.25, 0.3) is 0 Å². The molecule has 0 amide bonds. The van der Waals surface area contributed by atoms with E-state index in [1.165, 1.54) is 23.7 Å². The number of alkyl halides is 1. The number of benzene rings is 1. The van der Waals surface area contributed by atoms with Gasteiger partial charge in [-0.2, -0.15) is 0 Å². The summed E-state index contributed by atoms with van der Waals surface area (Å²) in [6, 6.07) is 14.4. The molecule has 18 heavy (non-hydrogen) atoms. The molecule has 0 aliphatic carbocycles. The smallest absolute Gasteiger partial charge is 0.193 e. The van der Waals surface area contributed by atoms with Gasteiger partial charge in [0, 0.05) is 0 Å². The fourth-order valence-electron chi connectivity index (χ4n) is 2.26. The Morgan fingerprint density at radius 2 is 1.61 bits per heavy atom. The van der Waals surface area contributed by atoms with Gasteiger partial charge >= 0.3 is 0 Å². The second-order valence-electron chi connectivity index (χ2n) is 4.80. The van der Waals surface area contributed by atoms with E-state index >= 15 is 0 Å². The molecule has 102 valence electrons. The Labute approximate surface area is 127 Å². The molecule has 0 radical (unpaired) electrons. The van der Waals surface area contributed by atoms with Gasteiger partial charge in [-0.1, -0.05) is 73.7 Å². The maximum atomic E-state index is 6.43. The topological polar surface area (TPSA) is 9.23 Å². The van der Waals surface area contributed by atoms with Gasteiger partial charge in [-0.15, -0.1) is 0 Å². The number of aryl methyl sites for hydroxylation is 1. The SMILES string of the molecule is CC[Si](CC)(CC)OC(I)CCc1ccccc1. The Kier molecular flexibility index (Phi) is 7.49. The molecule has 0 aliphatic rings. The third-order valence-electron chi connectivity index (χ3n) is 3.81. The highest BCUT2D eigenvalue weighted by atomic mass is 127. The Bertz CT molecular complexity index is 316. The molecule has 0 fully saturated rings. The molecule has 0 saturated carbocycles. The van der Waals surface area contributed by atoms with Crippen LogP contribution in [-0.2, 0) is 10.8 Å². The van der Waals surface area contributed by atoms with E-state index in [-0.39, 0.29) is 0 Å². The van der Waals surface area contributed by atoms with Gasteiger partial charge in [0.2, 0.25) is 0 Å². The largest absolute Gasteiger partial charge is 0.405 e. The lowest BCUT2D eigenvalue weighted by Gasteiger charge is -2.31. The molecule has 0 N–H and O–H groups in total. The van der Waals surface area contributed by atoms with Gasteiger partial charge in [-0.05, 0) is 36.5 Å². The van der Waals surface area contributed by atoms with Crippen LogP contribution in [0.3, 0.4) is 0 Å². The second kappa shape index (κ2) is 8.33. The highest BCUT2D eigenvalue weighted by Gasteiger charge is 2.30. The first-order valence-corrected chi connectivity index (χ1v) is 10.8. The summed E-state index contributed by atoms with van der Waals surface area (Å²) in [5.74, 6) is 0. The van der Waals surface area contributed by atoms with Crippen LogP contribution < -0.4 is 0 Å². The monoisotopic (exact) mass is 376 g/mol. The van der Waals surface area contributed by atoms with E-state index in [0.717, 1.165) is 12.8 Å². The van der Waals surface area contributed by atoms with Crippen molar-refractivity contribution in [3.63, 3.8) is 0 Å². The van der Waals surface area contributed by atoms with Crippen LogP contribution in [-0.4, -0.2) is 12.4 Å². The van der Waals surface area contributed by atoms with E-state index in [2.05, 4.69) is 73.7 Å². The number of halogens is 1. The fraction of sp³-hybridized carbons (Fsp3) is 0.600. The fourth-order valence-corrected chi connectivity index (χ4v) is 6.84. The van der Waals surface area contributed by atoms with Crippen LogP contribution in [0.4, 0.5) is 0 Å². The quantitative estimate of drug-likeness (QED) is 0.335. The number of hydrogen-bond donors (Lipinski definition) is 0. The van der Waals surface area contributed by atoms with Crippen molar-refractivity contribution in [2.45, 2.75) is 55.9 Å². The van der Waals surface area contributed by atoms with Gasteiger partial charge in [0.15, 0.2) is 8.32 Å². The van der Waals surface area contributed by atoms with Gasteiger partial charge in [0.1, 0.15) is 0 Å². The van der Waals surface area contributed by atoms with E-state index in [1.807, 2.05) is 0 Å². The zero-order chi connectivity index (χ0) is 13.4. The highest BCUT2D eigenvalue weighted by molar-refractivity contribution is 14.1. The molecular weight excluding hydrogens is 351 g/mol. The molecule has 1 rings (SSSR count). The van der Waals surface area contributed by atoms with Gasteiger partial charge in [-0.3, -0.25) is 0 Å². The summed E-state index contributed by atoms with van der Waals surface area (Å²) in [5, 5.41) is 0. The molecule has 0 aliphatic heterocycles. The van der Waals surface area contributed by atoms with Crippen molar-refractivity contribution in [1.82, 2.24) is 0 Å². The zero-order valence-corrected chi connectivity index (χ0v) is 14.9. The summed E-state index contributed by atoms with van der Waals surface area (Å²) in [6.45, 7) is 6.87. The van der Waals surface area contributed by atoms with Crippen molar-refractivity contribution in [2.75, 3.05) is 0 Å². The first kappa shape index (κ1) is 16.2. The third kappa shape index (κ3) is 5.01. The molecule has 0 saturated heterocycles. The molecule has 1 nitrogen and oxygen atoms in total. The van der Waals surface area contributed by atoms with Crippen molar-refractivity contribution in [3.05, 3.63) is 35.9 Å². The zero-order valence-electron chi connectivity index (χ0n) is 11.8. The molecule has 0 spiro atoms. The van der Waals surface area contributed by atoms with Crippen LogP contribution in [0.25, 0.3) is 0 Å². The molecule has 1 unspecified atom stereocenters. The average molecular weight is 376 g/mol. The molecule has 3 heteroatoms. The van der Waals surface area contributed by atoms with Crippen LogP contribution in [0.1, 0.15) is 32.8 Å². The molecule has 0 bridgehead atoms. The lowest BCUT2D eigenvalue weighted by Crippen LogP contribution is -2.38. The standard InChI is InChI=1S/C15H25IOSi/c1-4-18(5-2,6-3)17-15(16)13-12-14-10-8-7-9-11-14/h7-11,15H,4-6,12-13H2,1-3H3. The summed E-state index contributed by atoms with van der Waals surface area (Å²) in [4.78, 5) is 0. The predicted molar refractivity (Wildman–Crippen MR) is 90.9 cm³/mol. The Balaban J connectivity index is 2.43. The van der Waals surface area contributed by atoms with E-state index in [0.29, 0.717) is 4.11 Å². The number of hydrogen-bond acceptors (Lipinski definition) is 1. The minimum absolute atomic E-state index is 0.370. The van der Waals surface area contributed by atoms with E-state index in [4.69, 9.17) is 4.43 Å². The molecule has 0 heterocycles. The second-order valence-corrected chi connectivity index (χ2v) is 10.9. The Morgan fingerprint density at radius 1 is 1.06 bits per heavy atom. The van der Waals surface area contributed by atoms with Gasteiger partial charge < -0.3 is 4.43 Å². The van der Waals surface area contributed by atoms with Gasteiger partial charge in [0.05, 0.1) is 4.11 Å². The highest BCUT2D eigenvalue weighted by Crippen LogP contribution is 2.27. The van der Waals surface area contributed by atoms with Gasteiger partial charge in [-0.25, -0.2) is 0 Å². The van der Waals surface area contributed by atoms with E-state index in [1.54, 1.807) is 0 Å². The summed E-state index contributed by atoms with van der Waals surface area (Å²) in [5.41, 5.74) is 1.42. The Morgan fingerprint density at radius 3 is 2.11 bits per heavy atom. The maximum absolute atomic E-state index is 6.43. The van der Waals surface area contributed by atoms with Crippen molar-refractivity contribution < 1.29 is 4.43 Å². The van der Waals surface area contributed by atoms with Crippen molar-refractivity contribution in [1.29, 1.82) is 0 Å². The van der Waals surface area contributed by atoms with Crippen LogP contribution >= 0.6 is 22.6 Å². The normalized spacial score (nSPS) is 13.6. The van der Waals surface area contributed by atoms with E-state index < -0.39 is 8.32 Å². The van der Waals surface area contributed by atoms with Crippen molar-refractivity contribution in [3.8, 4) is 0 Å². The van der Waals surface area contributed by atoms with Crippen molar-refractivity contribution in [2.24, 2.45) is 0 Å². The van der Waals surface area contributed by atoms with E-state index in [9.17, 15) is 0 Å². The predicted octanol–water partition coefficient (Wildman–Crippen LogP) is 5.40. The average Bonchev–Trinajstić information content (AvgIpc) is 2.44. The minimum Gasteiger partial charge on any atom is -0.405 e. The van der Waals surface area contributed by atoms with Crippen molar-refractivity contribution >= 4 is 30.9 Å². The third-order valence-corrected chi connectivity index (χ3v) is 9.82. The van der Waals surface area contributed by atoms with Crippen LogP contribution in [0.2, 0.25) is 18.1 Å². The first-order chi connectivity index (χ1) is 8.65. The minimum atomic E-state index is -1.43. The molecule has 1 atom stereocenters. The Hall–Kier alpha value is 0.127. The summed E-state index contributed by atoms with van der Waals surface area (Å²) < 4.78 is 6.80. The first-order valence-electron chi connectivity index (χ1n) is 7.01. The number of rotatable bonds is 8. The van der Waals surface area contributed by atoms with Crippen LogP contribution in [0.5, 0.6) is 0 Å². The summed E-state index contributed by atoms with van der Waals surface area (Å²) in [6.07, 6.45) is 2.25. The summed E-state index contributed by atoms with van der Waals surface area (Å²) >= 11 is 2.48. The maximum Gasteiger partial charge on any atom is 0.193 e. The molecular formula is C15H25IOSi. The molecule has 1 aromatic rings. The lowest BCUT2D eigenvalue weighted by atomic mass is 10.1. The van der Waals surface area contributed by atoms with Crippen LogP contribution in [0, 0.1) is 0 Å². The molecule has 1 aromatic carbocycles.